The molecular weight excluding hydrogens is 268 g/mol. The molecule has 1 aromatic carbocycles. The Bertz CT molecular complexity index is 491. The van der Waals surface area contributed by atoms with Crippen LogP contribution in [-0.4, -0.2) is 35.1 Å². The van der Waals surface area contributed by atoms with E-state index in [2.05, 4.69) is 10.6 Å². The summed E-state index contributed by atoms with van der Waals surface area (Å²) in [6.45, 7) is 3.78. The molecule has 1 aliphatic rings. The molecule has 5 nitrogen and oxygen atoms in total. The highest BCUT2D eigenvalue weighted by atomic mass is 35.5. The largest absolute Gasteiger partial charge is 0.476 e. The fraction of sp³-hybridized carbons (Fsp3) is 0.462. The molecule has 2 rings (SSSR count). The van der Waals surface area contributed by atoms with E-state index in [1.807, 2.05) is 6.07 Å². The van der Waals surface area contributed by atoms with Crippen molar-refractivity contribution in [1.29, 1.82) is 0 Å². The van der Waals surface area contributed by atoms with Gasteiger partial charge in [-0.1, -0.05) is 0 Å². The fourth-order valence-electron chi connectivity index (χ4n) is 1.71. The summed E-state index contributed by atoms with van der Waals surface area (Å²) in [7, 11) is 0. The Hall–Kier alpha value is -1.46. The molecule has 1 heterocycles. The van der Waals surface area contributed by atoms with Crippen molar-refractivity contribution in [1.82, 2.24) is 0 Å². The highest BCUT2D eigenvalue weighted by Crippen LogP contribution is 2.35. The molecule has 0 fully saturated rings. The topological polar surface area (TPSA) is 70.6 Å². The lowest BCUT2D eigenvalue weighted by Gasteiger charge is -2.31. The SMILES string of the molecule is CC1(C)Oc2ccc(NCC(O)CCl)cc2NC1=O. The van der Waals surface area contributed by atoms with Gasteiger partial charge in [-0.25, -0.2) is 0 Å². The van der Waals surface area contributed by atoms with E-state index in [-0.39, 0.29) is 11.8 Å². The summed E-state index contributed by atoms with van der Waals surface area (Å²) >= 11 is 5.52. The summed E-state index contributed by atoms with van der Waals surface area (Å²) in [5.74, 6) is 0.623. The van der Waals surface area contributed by atoms with Crippen molar-refractivity contribution in [3.05, 3.63) is 18.2 Å². The van der Waals surface area contributed by atoms with Gasteiger partial charge in [-0.3, -0.25) is 4.79 Å². The molecule has 1 aliphatic heterocycles. The van der Waals surface area contributed by atoms with Crippen LogP contribution in [0.4, 0.5) is 11.4 Å². The van der Waals surface area contributed by atoms with Crippen molar-refractivity contribution in [3.63, 3.8) is 0 Å². The van der Waals surface area contributed by atoms with E-state index in [1.54, 1.807) is 26.0 Å². The van der Waals surface area contributed by atoms with E-state index < -0.39 is 11.7 Å². The van der Waals surface area contributed by atoms with Crippen LogP contribution in [0.15, 0.2) is 18.2 Å². The molecule has 1 atom stereocenters. The quantitative estimate of drug-likeness (QED) is 0.738. The number of aliphatic hydroxyl groups is 1. The highest BCUT2D eigenvalue weighted by molar-refractivity contribution is 6.18. The van der Waals surface area contributed by atoms with Gasteiger partial charge in [0.05, 0.1) is 17.7 Å². The zero-order chi connectivity index (χ0) is 14.0. The standard InChI is InChI=1S/C13H17ClN2O3/c1-13(2)12(18)16-10-5-8(3-4-11(10)19-13)15-7-9(17)6-14/h3-5,9,15,17H,6-7H2,1-2H3,(H,16,18). The zero-order valence-electron chi connectivity index (χ0n) is 10.9. The highest BCUT2D eigenvalue weighted by Gasteiger charge is 2.35. The monoisotopic (exact) mass is 284 g/mol. The number of alkyl halides is 1. The maximum Gasteiger partial charge on any atom is 0.268 e. The number of rotatable bonds is 4. The van der Waals surface area contributed by atoms with Crippen molar-refractivity contribution >= 4 is 28.9 Å². The van der Waals surface area contributed by atoms with Gasteiger partial charge in [-0.2, -0.15) is 0 Å². The molecule has 0 radical (unpaired) electrons. The van der Waals surface area contributed by atoms with Crippen molar-refractivity contribution in [3.8, 4) is 5.75 Å². The minimum atomic E-state index is -0.864. The van der Waals surface area contributed by atoms with Crippen LogP contribution in [-0.2, 0) is 4.79 Å². The summed E-state index contributed by atoms with van der Waals surface area (Å²) in [5, 5.41) is 15.2. The van der Waals surface area contributed by atoms with E-state index in [1.165, 1.54) is 0 Å². The number of amides is 1. The van der Waals surface area contributed by atoms with E-state index in [4.69, 9.17) is 16.3 Å². The molecule has 1 aromatic rings. The van der Waals surface area contributed by atoms with E-state index in [0.29, 0.717) is 18.0 Å². The molecule has 3 N–H and O–H groups in total. The number of anilines is 2. The molecule has 0 saturated heterocycles. The lowest BCUT2D eigenvalue weighted by Crippen LogP contribution is -2.45. The second kappa shape index (κ2) is 5.27. The van der Waals surface area contributed by atoms with Crippen LogP contribution < -0.4 is 15.4 Å². The Morgan fingerprint density at radius 1 is 1.53 bits per heavy atom. The van der Waals surface area contributed by atoms with Crippen molar-refractivity contribution in [2.45, 2.75) is 25.6 Å². The van der Waals surface area contributed by atoms with Gasteiger partial charge in [0, 0.05) is 12.2 Å². The molecule has 0 bridgehead atoms. The number of hydrogen-bond donors (Lipinski definition) is 3. The molecular formula is C13H17ClN2O3. The summed E-state index contributed by atoms with van der Waals surface area (Å²) in [4.78, 5) is 11.8. The second-order valence-corrected chi connectivity index (χ2v) is 5.28. The maximum absolute atomic E-state index is 11.8. The molecule has 19 heavy (non-hydrogen) atoms. The second-order valence-electron chi connectivity index (χ2n) is 4.97. The molecule has 0 aromatic heterocycles. The Morgan fingerprint density at radius 2 is 2.26 bits per heavy atom. The first kappa shape index (κ1) is 14.0. The van der Waals surface area contributed by atoms with Crippen LogP contribution in [0.1, 0.15) is 13.8 Å². The average molecular weight is 285 g/mol. The third-order valence-electron chi connectivity index (χ3n) is 2.86. The van der Waals surface area contributed by atoms with Gasteiger partial charge >= 0.3 is 0 Å². The van der Waals surface area contributed by atoms with Crippen LogP contribution in [0.5, 0.6) is 5.75 Å². The normalized spacial score (nSPS) is 18.0. The van der Waals surface area contributed by atoms with Crippen LogP contribution in [0.3, 0.4) is 0 Å². The number of fused-ring (bicyclic) bond motifs is 1. The number of aliphatic hydroxyl groups excluding tert-OH is 1. The predicted octanol–water partition coefficient (Wildman–Crippen LogP) is 1.81. The molecule has 6 heteroatoms. The number of ether oxygens (including phenoxy) is 1. The number of hydrogen-bond acceptors (Lipinski definition) is 4. The van der Waals surface area contributed by atoms with E-state index in [9.17, 15) is 9.90 Å². The Labute approximate surface area is 116 Å². The first-order valence-electron chi connectivity index (χ1n) is 6.05. The average Bonchev–Trinajstić information content (AvgIpc) is 2.37. The van der Waals surface area contributed by atoms with Crippen LogP contribution in [0.2, 0.25) is 0 Å². The number of nitrogens with one attached hydrogen (secondary N) is 2. The lowest BCUT2D eigenvalue weighted by atomic mass is 10.1. The molecule has 0 saturated carbocycles. The van der Waals surface area contributed by atoms with Crippen LogP contribution >= 0.6 is 11.6 Å². The van der Waals surface area contributed by atoms with Crippen molar-refractivity contribution < 1.29 is 14.6 Å². The molecule has 1 unspecified atom stereocenters. The molecule has 0 spiro atoms. The molecule has 0 aliphatic carbocycles. The van der Waals surface area contributed by atoms with E-state index in [0.717, 1.165) is 5.69 Å². The number of halogens is 1. The summed E-state index contributed by atoms with van der Waals surface area (Å²) in [6.07, 6.45) is -0.609. The van der Waals surface area contributed by atoms with Gasteiger partial charge < -0.3 is 20.5 Å². The summed E-state index contributed by atoms with van der Waals surface area (Å²) < 4.78 is 5.62. The Kier molecular flexibility index (Phi) is 3.87. The van der Waals surface area contributed by atoms with Crippen molar-refractivity contribution in [2.75, 3.05) is 23.1 Å². The Balaban J connectivity index is 2.12. The molecule has 1 amide bonds. The number of benzene rings is 1. The van der Waals surface area contributed by atoms with E-state index >= 15 is 0 Å². The fourth-order valence-corrected chi connectivity index (χ4v) is 1.82. The van der Waals surface area contributed by atoms with Gasteiger partial charge in [-0.15, -0.1) is 11.6 Å². The minimum absolute atomic E-state index is 0.173. The van der Waals surface area contributed by atoms with Crippen molar-refractivity contribution in [2.24, 2.45) is 0 Å². The maximum atomic E-state index is 11.8. The van der Waals surface area contributed by atoms with Gasteiger partial charge in [0.2, 0.25) is 0 Å². The van der Waals surface area contributed by atoms with Gasteiger partial charge in [0.25, 0.3) is 5.91 Å². The zero-order valence-corrected chi connectivity index (χ0v) is 11.6. The predicted molar refractivity (Wildman–Crippen MR) is 75.0 cm³/mol. The van der Waals surface area contributed by atoms with Crippen LogP contribution in [0.25, 0.3) is 0 Å². The Morgan fingerprint density at radius 3 is 2.95 bits per heavy atom. The first-order chi connectivity index (χ1) is 8.92. The first-order valence-corrected chi connectivity index (χ1v) is 6.58. The molecule has 104 valence electrons. The van der Waals surface area contributed by atoms with Gasteiger partial charge in [0.15, 0.2) is 5.60 Å². The third-order valence-corrected chi connectivity index (χ3v) is 3.22. The number of carbonyl (C=O) groups excluding carboxylic acids is 1. The van der Waals surface area contributed by atoms with Gasteiger partial charge in [-0.05, 0) is 32.0 Å². The number of carbonyl (C=O) groups is 1. The summed E-state index contributed by atoms with van der Waals surface area (Å²) in [6, 6.07) is 5.38. The minimum Gasteiger partial charge on any atom is -0.476 e. The lowest BCUT2D eigenvalue weighted by molar-refractivity contribution is -0.129. The van der Waals surface area contributed by atoms with Gasteiger partial charge in [0.1, 0.15) is 5.75 Å². The summed E-state index contributed by atoms with van der Waals surface area (Å²) in [5.41, 5.74) is 0.540. The van der Waals surface area contributed by atoms with Crippen LogP contribution in [0, 0.1) is 0 Å². The third kappa shape index (κ3) is 3.11. The smallest absolute Gasteiger partial charge is 0.268 e.